The second-order valence-electron chi connectivity index (χ2n) is 4.86. The van der Waals surface area contributed by atoms with E-state index in [9.17, 15) is 4.39 Å². The summed E-state index contributed by atoms with van der Waals surface area (Å²) in [6.07, 6.45) is 0.995. The Balaban J connectivity index is 1.92. The number of para-hydroxylation sites is 1. The molecule has 2 aromatic carbocycles. The molecule has 1 nitrogen and oxygen atoms in total. The zero-order chi connectivity index (χ0) is 11.4. The van der Waals surface area contributed by atoms with Crippen LogP contribution in [0.15, 0.2) is 42.5 Å². The van der Waals surface area contributed by atoms with Crippen LogP contribution in [0.25, 0.3) is 0 Å². The summed E-state index contributed by atoms with van der Waals surface area (Å²) in [5.41, 5.74) is 4.95. The molecule has 1 N–H and O–H groups in total. The van der Waals surface area contributed by atoms with Gasteiger partial charge in [0.25, 0.3) is 0 Å². The molecule has 0 fully saturated rings. The van der Waals surface area contributed by atoms with Crippen molar-refractivity contribution in [1.29, 1.82) is 0 Å². The molecule has 2 heteroatoms. The number of hydrogen-bond acceptors (Lipinski definition) is 1. The van der Waals surface area contributed by atoms with Crippen molar-refractivity contribution in [3.63, 3.8) is 0 Å². The van der Waals surface area contributed by atoms with Gasteiger partial charge in [-0.15, -0.1) is 0 Å². The number of hydrogen-bond donors (Lipinski definition) is 1. The average molecular weight is 225 g/mol. The lowest BCUT2D eigenvalue weighted by Gasteiger charge is -2.10. The molecule has 0 saturated heterocycles. The Morgan fingerprint density at radius 3 is 2.88 bits per heavy atom. The molecule has 0 saturated carbocycles. The van der Waals surface area contributed by atoms with E-state index in [0.29, 0.717) is 12.0 Å². The van der Waals surface area contributed by atoms with Crippen molar-refractivity contribution < 1.29 is 4.39 Å². The van der Waals surface area contributed by atoms with Crippen LogP contribution < -0.4 is 5.32 Å². The highest BCUT2D eigenvalue weighted by Gasteiger charge is 2.39. The Morgan fingerprint density at radius 1 is 1.06 bits per heavy atom. The summed E-state index contributed by atoms with van der Waals surface area (Å²) < 4.78 is 13.4. The Labute approximate surface area is 99.3 Å². The van der Waals surface area contributed by atoms with Gasteiger partial charge in [0, 0.05) is 17.6 Å². The first-order valence-corrected chi connectivity index (χ1v) is 5.97. The van der Waals surface area contributed by atoms with Crippen molar-refractivity contribution in [2.24, 2.45) is 0 Å². The molecule has 1 aliphatic carbocycles. The van der Waals surface area contributed by atoms with E-state index in [0.717, 1.165) is 12.0 Å². The van der Waals surface area contributed by atoms with Crippen LogP contribution in [0.4, 0.5) is 10.1 Å². The minimum Gasteiger partial charge on any atom is -0.381 e. The molecular weight excluding hydrogens is 213 g/mol. The Bertz CT molecular complexity index is 606. The van der Waals surface area contributed by atoms with Crippen molar-refractivity contribution >= 4 is 5.69 Å². The molecule has 2 atom stereocenters. The first-order chi connectivity index (χ1) is 8.33. The van der Waals surface area contributed by atoms with E-state index in [1.54, 1.807) is 12.1 Å². The third-order valence-corrected chi connectivity index (χ3v) is 3.92. The maximum atomic E-state index is 13.4. The van der Waals surface area contributed by atoms with E-state index >= 15 is 0 Å². The van der Waals surface area contributed by atoms with Crippen LogP contribution in [0.1, 0.15) is 22.6 Å². The number of benzene rings is 2. The molecule has 0 aromatic heterocycles. The maximum Gasteiger partial charge on any atom is 0.123 e. The normalized spacial score (nSPS) is 23.8. The summed E-state index contributed by atoms with van der Waals surface area (Å²) in [6, 6.07) is 13.9. The minimum atomic E-state index is -0.131. The smallest absolute Gasteiger partial charge is 0.123 e. The summed E-state index contributed by atoms with van der Waals surface area (Å²) in [5.74, 6) is 0.200. The van der Waals surface area contributed by atoms with Crippen molar-refractivity contribution in [1.82, 2.24) is 0 Å². The van der Waals surface area contributed by atoms with E-state index in [-0.39, 0.29) is 5.82 Å². The number of halogens is 1. The molecule has 1 heterocycles. The lowest BCUT2D eigenvalue weighted by Crippen LogP contribution is -2.17. The van der Waals surface area contributed by atoms with Crippen LogP contribution in [0.3, 0.4) is 0 Å². The van der Waals surface area contributed by atoms with Crippen LogP contribution in [-0.2, 0) is 6.42 Å². The SMILES string of the molecule is Fc1ccc2c(c1)C1c3ccccc3NC1C2. The third-order valence-electron chi connectivity index (χ3n) is 3.92. The number of anilines is 1. The fourth-order valence-electron chi connectivity index (χ4n) is 3.23. The molecule has 84 valence electrons. The number of nitrogens with one attached hydrogen (secondary N) is 1. The standard InChI is InChI=1S/C15H12FN/c16-10-6-5-9-7-14-15(12(9)8-10)11-3-1-2-4-13(11)17-14/h1-6,8,14-15,17H,7H2. The van der Waals surface area contributed by atoms with E-state index in [1.807, 2.05) is 12.1 Å². The molecule has 2 unspecified atom stereocenters. The number of rotatable bonds is 0. The second kappa shape index (κ2) is 3.10. The second-order valence-corrected chi connectivity index (χ2v) is 4.86. The molecule has 1 aliphatic heterocycles. The summed E-state index contributed by atoms with van der Waals surface area (Å²) >= 11 is 0. The molecule has 0 radical (unpaired) electrons. The lowest BCUT2D eigenvalue weighted by molar-refractivity contribution is 0.624. The third kappa shape index (κ3) is 1.18. The largest absolute Gasteiger partial charge is 0.381 e. The first-order valence-electron chi connectivity index (χ1n) is 5.97. The predicted molar refractivity (Wildman–Crippen MR) is 65.8 cm³/mol. The van der Waals surface area contributed by atoms with Gasteiger partial charge in [0.05, 0.1) is 0 Å². The van der Waals surface area contributed by atoms with Gasteiger partial charge >= 0.3 is 0 Å². The molecule has 4 rings (SSSR count). The molecule has 0 spiro atoms. The van der Waals surface area contributed by atoms with Gasteiger partial charge in [-0.3, -0.25) is 0 Å². The molecule has 2 aliphatic rings. The van der Waals surface area contributed by atoms with Crippen molar-refractivity contribution in [3.8, 4) is 0 Å². The maximum absolute atomic E-state index is 13.4. The van der Waals surface area contributed by atoms with Crippen molar-refractivity contribution in [2.75, 3.05) is 5.32 Å². The summed E-state index contributed by atoms with van der Waals surface area (Å²) in [7, 11) is 0. The highest BCUT2D eigenvalue weighted by atomic mass is 19.1. The minimum absolute atomic E-state index is 0.131. The molecular formula is C15H12FN. The van der Waals surface area contributed by atoms with Gasteiger partial charge < -0.3 is 5.32 Å². The van der Waals surface area contributed by atoms with Gasteiger partial charge in [-0.1, -0.05) is 24.3 Å². The van der Waals surface area contributed by atoms with E-state index in [1.165, 1.54) is 16.8 Å². The lowest BCUT2D eigenvalue weighted by atomic mass is 9.93. The molecule has 2 aromatic rings. The number of fused-ring (bicyclic) bond motifs is 5. The molecule has 0 bridgehead atoms. The van der Waals surface area contributed by atoms with Gasteiger partial charge in [0.15, 0.2) is 0 Å². The summed E-state index contributed by atoms with van der Waals surface area (Å²) in [4.78, 5) is 0. The summed E-state index contributed by atoms with van der Waals surface area (Å²) in [6.45, 7) is 0. The zero-order valence-electron chi connectivity index (χ0n) is 9.28. The fourth-order valence-corrected chi connectivity index (χ4v) is 3.23. The van der Waals surface area contributed by atoms with E-state index < -0.39 is 0 Å². The van der Waals surface area contributed by atoms with Gasteiger partial charge in [0.2, 0.25) is 0 Å². The monoisotopic (exact) mass is 225 g/mol. The van der Waals surface area contributed by atoms with E-state index in [4.69, 9.17) is 0 Å². The quantitative estimate of drug-likeness (QED) is 0.725. The van der Waals surface area contributed by atoms with Crippen LogP contribution in [0.5, 0.6) is 0 Å². The average Bonchev–Trinajstić information content (AvgIpc) is 2.84. The summed E-state index contributed by atoms with van der Waals surface area (Å²) in [5, 5.41) is 3.54. The van der Waals surface area contributed by atoms with Crippen molar-refractivity contribution in [2.45, 2.75) is 18.4 Å². The molecule has 17 heavy (non-hydrogen) atoms. The van der Waals surface area contributed by atoms with Crippen LogP contribution in [0, 0.1) is 5.82 Å². The fraction of sp³-hybridized carbons (Fsp3) is 0.200. The highest BCUT2D eigenvalue weighted by molar-refractivity contribution is 5.65. The van der Waals surface area contributed by atoms with E-state index in [2.05, 4.69) is 23.5 Å². The van der Waals surface area contributed by atoms with Crippen LogP contribution in [0.2, 0.25) is 0 Å². The van der Waals surface area contributed by atoms with Crippen molar-refractivity contribution in [3.05, 3.63) is 65.0 Å². The van der Waals surface area contributed by atoms with Gasteiger partial charge in [-0.25, -0.2) is 4.39 Å². The Morgan fingerprint density at radius 2 is 1.94 bits per heavy atom. The van der Waals surface area contributed by atoms with Crippen LogP contribution >= 0.6 is 0 Å². The van der Waals surface area contributed by atoms with Gasteiger partial charge in [-0.05, 0) is 41.3 Å². The van der Waals surface area contributed by atoms with Gasteiger partial charge in [0.1, 0.15) is 5.82 Å². The first kappa shape index (κ1) is 9.23. The van der Waals surface area contributed by atoms with Gasteiger partial charge in [-0.2, -0.15) is 0 Å². The highest BCUT2D eigenvalue weighted by Crippen LogP contribution is 2.47. The van der Waals surface area contributed by atoms with Crippen LogP contribution in [-0.4, -0.2) is 6.04 Å². The Kier molecular flexibility index (Phi) is 1.68. The topological polar surface area (TPSA) is 12.0 Å². The molecule has 0 amide bonds. The Hall–Kier alpha value is -1.83. The zero-order valence-corrected chi connectivity index (χ0v) is 9.28. The predicted octanol–water partition coefficient (Wildman–Crippen LogP) is 3.31.